The van der Waals surface area contributed by atoms with Gasteiger partial charge in [0.2, 0.25) is 5.91 Å². The molecule has 26 heavy (non-hydrogen) atoms. The van der Waals surface area contributed by atoms with Gasteiger partial charge in [-0.3, -0.25) is 9.69 Å². The Kier molecular flexibility index (Phi) is 6.67. The van der Waals surface area contributed by atoms with Gasteiger partial charge in [0.15, 0.2) is 0 Å². The van der Waals surface area contributed by atoms with Crippen molar-refractivity contribution in [1.29, 1.82) is 0 Å². The number of nitrogens with zero attached hydrogens (tertiary/aromatic N) is 2. The second-order valence-corrected chi connectivity index (χ2v) is 6.87. The van der Waals surface area contributed by atoms with E-state index in [1.54, 1.807) is 0 Å². The van der Waals surface area contributed by atoms with Crippen molar-refractivity contribution in [2.75, 3.05) is 39.3 Å². The molecule has 1 saturated heterocycles. The average Bonchev–Trinajstić information content (AvgIpc) is 2.69. The molecule has 2 aromatic carbocycles. The Balaban J connectivity index is 1.33. The molecule has 4 heteroatoms. The first kappa shape index (κ1) is 18.5. The van der Waals surface area contributed by atoms with Crippen LogP contribution >= 0.6 is 0 Å². The molecule has 0 radical (unpaired) electrons. The van der Waals surface area contributed by atoms with Crippen molar-refractivity contribution in [2.45, 2.75) is 19.8 Å². The van der Waals surface area contributed by atoms with Crippen LogP contribution in [0.15, 0.2) is 54.6 Å². The van der Waals surface area contributed by atoms with Gasteiger partial charge in [0, 0.05) is 39.1 Å². The highest BCUT2D eigenvalue weighted by Gasteiger charge is 2.20. The Bertz CT molecular complexity index is 677. The summed E-state index contributed by atoms with van der Waals surface area (Å²) in [5, 5.41) is 0. The molecule has 4 nitrogen and oxygen atoms in total. The maximum absolute atomic E-state index is 12.4. The number of hydrogen-bond acceptors (Lipinski definition) is 3. The monoisotopic (exact) mass is 352 g/mol. The summed E-state index contributed by atoms with van der Waals surface area (Å²) >= 11 is 0. The van der Waals surface area contributed by atoms with Crippen molar-refractivity contribution >= 4 is 5.91 Å². The van der Waals surface area contributed by atoms with Crippen LogP contribution < -0.4 is 4.74 Å². The number of aryl methyl sites for hydroxylation is 2. The highest BCUT2D eigenvalue weighted by molar-refractivity contribution is 5.76. The van der Waals surface area contributed by atoms with Crippen molar-refractivity contribution in [3.63, 3.8) is 0 Å². The summed E-state index contributed by atoms with van der Waals surface area (Å²) in [5.74, 6) is 1.19. The summed E-state index contributed by atoms with van der Waals surface area (Å²) in [4.78, 5) is 16.8. The minimum absolute atomic E-state index is 0.268. The first-order chi connectivity index (χ1) is 12.7. The summed E-state index contributed by atoms with van der Waals surface area (Å²) in [6.45, 7) is 7.15. The molecule has 3 rings (SSSR count). The van der Waals surface area contributed by atoms with Gasteiger partial charge < -0.3 is 9.64 Å². The van der Waals surface area contributed by atoms with E-state index in [4.69, 9.17) is 4.74 Å². The van der Waals surface area contributed by atoms with Gasteiger partial charge in [0.05, 0.1) is 0 Å². The van der Waals surface area contributed by atoms with Crippen LogP contribution in [0.2, 0.25) is 0 Å². The molecule has 0 aliphatic carbocycles. The minimum Gasteiger partial charge on any atom is -0.492 e. The summed E-state index contributed by atoms with van der Waals surface area (Å²) < 4.78 is 5.80. The first-order valence-corrected chi connectivity index (χ1v) is 9.44. The molecule has 2 aromatic rings. The summed E-state index contributed by atoms with van der Waals surface area (Å²) in [5.41, 5.74) is 2.47. The van der Waals surface area contributed by atoms with Crippen molar-refractivity contribution in [3.05, 3.63) is 65.7 Å². The Labute approximate surface area is 156 Å². The van der Waals surface area contributed by atoms with Crippen molar-refractivity contribution in [3.8, 4) is 5.75 Å². The number of amides is 1. The van der Waals surface area contributed by atoms with Crippen LogP contribution in [0.4, 0.5) is 0 Å². The molecule has 138 valence electrons. The van der Waals surface area contributed by atoms with E-state index in [1.165, 1.54) is 11.1 Å². The lowest BCUT2D eigenvalue weighted by Crippen LogP contribution is -2.49. The molecule has 0 N–H and O–H groups in total. The second kappa shape index (κ2) is 9.39. The van der Waals surface area contributed by atoms with Crippen LogP contribution in [0.25, 0.3) is 0 Å². The maximum atomic E-state index is 12.4. The Morgan fingerprint density at radius 2 is 1.65 bits per heavy atom. The van der Waals surface area contributed by atoms with E-state index in [9.17, 15) is 4.79 Å². The molecule has 1 amide bonds. The van der Waals surface area contributed by atoms with E-state index < -0.39 is 0 Å². The number of rotatable bonds is 7. The van der Waals surface area contributed by atoms with Gasteiger partial charge in [-0.25, -0.2) is 0 Å². The molecule has 0 spiro atoms. The standard InChI is InChI=1S/C22H28N2O2/c1-19-7-10-21(11-8-19)26-18-17-23-13-15-24(16-14-23)22(25)12-9-20-5-3-2-4-6-20/h2-8,10-11H,9,12-18H2,1H3. The van der Waals surface area contributed by atoms with Crippen molar-refractivity contribution in [1.82, 2.24) is 9.80 Å². The fraction of sp³-hybridized carbons (Fsp3) is 0.409. The van der Waals surface area contributed by atoms with E-state index in [0.29, 0.717) is 13.0 Å². The molecule has 0 aromatic heterocycles. The zero-order valence-electron chi connectivity index (χ0n) is 15.6. The lowest BCUT2D eigenvalue weighted by atomic mass is 10.1. The van der Waals surface area contributed by atoms with Crippen LogP contribution in [0.5, 0.6) is 5.75 Å². The highest BCUT2D eigenvalue weighted by atomic mass is 16.5. The predicted octanol–water partition coefficient (Wildman–Crippen LogP) is 3.15. The summed E-state index contributed by atoms with van der Waals surface area (Å²) in [6, 6.07) is 18.4. The molecular weight excluding hydrogens is 324 g/mol. The number of carbonyl (C=O) groups is 1. The van der Waals surface area contributed by atoms with Gasteiger partial charge in [-0.1, -0.05) is 48.0 Å². The minimum atomic E-state index is 0.268. The summed E-state index contributed by atoms with van der Waals surface area (Å²) in [7, 11) is 0. The van der Waals surface area contributed by atoms with Gasteiger partial charge in [-0.15, -0.1) is 0 Å². The highest BCUT2D eigenvalue weighted by Crippen LogP contribution is 2.12. The first-order valence-electron chi connectivity index (χ1n) is 9.44. The Hall–Kier alpha value is -2.33. The fourth-order valence-electron chi connectivity index (χ4n) is 3.20. The number of ether oxygens (including phenoxy) is 1. The number of benzene rings is 2. The van der Waals surface area contributed by atoms with Crippen molar-refractivity contribution in [2.24, 2.45) is 0 Å². The molecule has 0 saturated carbocycles. The topological polar surface area (TPSA) is 32.8 Å². The third-order valence-corrected chi connectivity index (χ3v) is 4.89. The average molecular weight is 352 g/mol. The lowest BCUT2D eigenvalue weighted by molar-refractivity contribution is -0.132. The van der Waals surface area contributed by atoms with Gasteiger partial charge in [0.1, 0.15) is 12.4 Å². The normalized spacial score (nSPS) is 15.0. The molecule has 0 unspecified atom stereocenters. The molecule has 0 atom stereocenters. The fourth-order valence-corrected chi connectivity index (χ4v) is 3.20. The number of carbonyl (C=O) groups excluding carboxylic acids is 1. The van der Waals surface area contributed by atoms with Gasteiger partial charge in [0.25, 0.3) is 0 Å². The molecule has 1 heterocycles. The zero-order valence-corrected chi connectivity index (χ0v) is 15.6. The van der Waals surface area contributed by atoms with Crippen LogP contribution in [-0.4, -0.2) is 55.0 Å². The zero-order chi connectivity index (χ0) is 18.2. The van der Waals surface area contributed by atoms with Gasteiger partial charge in [-0.2, -0.15) is 0 Å². The molecule has 0 bridgehead atoms. The number of hydrogen-bond donors (Lipinski definition) is 0. The third-order valence-electron chi connectivity index (χ3n) is 4.89. The maximum Gasteiger partial charge on any atom is 0.222 e. The van der Waals surface area contributed by atoms with E-state index in [2.05, 4.69) is 36.1 Å². The van der Waals surface area contributed by atoms with Crippen LogP contribution in [-0.2, 0) is 11.2 Å². The van der Waals surface area contributed by atoms with E-state index in [-0.39, 0.29) is 5.91 Å². The molecular formula is C22H28N2O2. The largest absolute Gasteiger partial charge is 0.492 e. The Morgan fingerprint density at radius 1 is 0.962 bits per heavy atom. The van der Waals surface area contributed by atoms with Gasteiger partial charge in [-0.05, 0) is 31.0 Å². The summed E-state index contributed by atoms with van der Waals surface area (Å²) in [6.07, 6.45) is 1.42. The SMILES string of the molecule is Cc1ccc(OCCN2CCN(C(=O)CCc3ccccc3)CC2)cc1. The van der Waals surface area contributed by atoms with Crippen LogP contribution in [0, 0.1) is 6.92 Å². The van der Waals surface area contributed by atoms with E-state index in [1.807, 2.05) is 35.2 Å². The van der Waals surface area contributed by atoms with E-state index >= 15 is 0 Å². The molecule has 1 aliphatic heterocycles. The van der Waals surface area contributed by atoms with Crippen LogP contribution in [0.3, 0.4) is 0 Å². The lowest BCUT2D eigenvalue weighted by Gasteiger charge is -2.34. The predicted molar refractivity (Wildman–Crippen MR) is 104 cm³/mol. The molecule has 1 fully saturated rings. The smallest absolute Gasteiger partial charge is 0.222 e. The second-order valence-electron chi connectivity index (χ2n) is 6.87. The Morgan fingerprint density at radius 3 is 2.35 bits per heavy atom. The van der Waals surface area contributed by atoms with Crippen LogP contribution in [0.1, 0.15) is 17.5 Å². The van der Waals surface area contributed by atoms with Gasteiger partial charge >= 0.3 is 0 Å². The number of piperazine rings is 1. The third kappa shape index (κ3) is 5.60. The van der Waals surface area contributed by atoms with E-state index in [0.717, 1.165) is 44.9 Å². The molecule has 1 aliphatic rings. The van der Waals surface area contributed by atoms with Crippen molar-refractivity contribution < 1.29 is 9.53 Å². The quantitative estimate of drug-likeness (QED) is 0.767.